The van der Waals surface area contributed by atoms with Gasteiger partial charge in [-0.1, -0.05) is 36.9 Å². The first-order chi connectivity index (χ1) is 12.2. The molecule has 0 radical (unpaired) electrons. The zero-order valence-corrected chi connectivity index (χ0v) is 15.8. The summed E-state index contributed by atoms with van der Waals surface area (Å²) in [4.78, 5) is 6.92. The van der Waals surface area contributed by atoms with Crippen molar-refractivity contribution in [2.24, 2.45) is 10.9 Å². The van der Waals surface area contributed by atoms with Crippen LogP contribution in [-0.2, 0) is 6.16 Å². The van der Waals surface area contributed by atoms with Gasteiger partial charge in [0.1, 0.15) is 5.84 Å². The van der Waals surface area contributed by atoms with Gasteiger partial charge < -0.3 is 4.90 Å². The normalized spacial score (nSPS) is 26.9. The summed E-state index contributed by atoms with van der Waals surface area (Å²) in [6.45, 7) is 6.65. The monoisotopic (exact) mass is 351 g/mol. The predicted molar refractivity (Wildman–Crippen MR) is 107 cm³/mol. The van der Waals surface area contributed by atoms with Crippen LogP contribution in [0.4, 0.5) is 0 Å². The van der Waals surface area contributed by atoms with Gasteiger partial charge in [-0.2, -0.15) is 5.26 Å². The largest absolute Gasteiger partial charge is 0.353 e. The molecule has 2 fully saturated rings. The molecule has 1 aromatic rings. The third-order valence-corrected chi connectivity index (χ3v) is 7.83. The van der Waals surface area contributed by atoms with E-state index in [-0.39, 0.29) is 7.92 Å². The van der Waals surface area contributed by atoms with Gasteiger partial charge in [0, 0.05) is 24.4 Å². The molecule has 3 atom stereocenters. The number of amidine groups is 1. The van der Waals surface area contributed by atoms with Crippen molar-refractivity contribution in [1.29, 1.82) is 5.26 Å². The van der Waals surface area contributed by atoms with Gasteiger partial charge in [0.2, 0.25) is 0 Å². The summed E-state index contributed by atoms with van der Waals surface area (Å²) < 4.78 is 0. The molecule has 130 valence electrons. The first-order valence-corrected chi connectivity index (χ1v) is 10.9. The van der Waals surface area contributed by atoms with Gasteiger partial charge in [-0.25, -0.2) is 4.99 Å². The fourth-order valence-corrected chi connectivity index (χ4v) is 6.91. The molecule has 2 aliphatic rings. The topological polar surface area (TPSA) is 39.4 Å². The maximum Gasteiger partial charge on any atom is 0.129 e. The molecule has 0 amide bonds. The van der Waals surface area contributed by atoms with Crippen molar-refractivity contribution in [1.82, 2.24) is 4.90 Å². The van der Waals surface area contributed by atoms with Crippen LogP contribution < -0.4 is 0 Å². The summed E-state index contributed by atoms with van der Waals surface area (Å²) in [6.07, 6.45) is 9.99. The van der Waals surface area contributed by atoms with E-state index in [4.69, 9.17) is 5.26 Å². The summed E-state index contributed by atoms with van der Waals surface area (Å²) in [6, 6.07) is 13.7. The lowest BCUT2D eigenvalue weighted by Crippen LogP contribution is -2.41. The molecule has 4 heteroatoms. The van der Waals surface area contributed by atoms with Crippen LogP contribution in [0.1, 0.15) is 25.3 Å². The van der Waals surface area contributed by atoms with Crippen LogP contribution in [0.2, 0.25) is 0 Å². The van der Waals surface area contributed by atoms with Crippen molar-refractivity contribution in [3.63, 3.8) is 0 Å². The van der Waals surface area contributed by atoms with Crippen LogP contribution in [-0.4, -0.2) is 35.6 Å². The second-order valence-corrected chi connectivity index (χ2v) is 9.40. The molecular weight excluding hydrogens is 325 g/mol. The second-order valence-electron chi connectivity index (χ2n) is 6.93. The van der Waals surface area contributed by atoms with Crippen molar-refractivity contribution >= 4 is 13.8 Å². The summed E-state index contributed by atoms with van der Waals surface area (Å²) >= 11 is 0. The van der Waals surface area contributed by atoms with E-state index in [1.165, 1.54) is 36.9 Å². The molecule has 3 nitrogen and oxygen atoms in total. The standard InChI is InChI=1S/C21H26N3P/c1-3-23-21(13-17(2)14-22)24-11-9-19-10-12-25(16-20(19)24)15-18-7-5-4-6-8-18/h3-8,13,19-20H,1,9-12,15-16H2,2H3/b17-13+,23-21?. The van der Waals surface area contributed by atoms with Gasteiger partial charge in [-0.05, 0) is 55.8 Å². The Morgan fingerprint density at radius 2 is 2.20 bits per heavy atom. The molecule has 3 unspecified atom stereocenters. The highest BCUT2D eigenvalue weighted by Gasteiger charge is 2.39. The average molecular weight is 351 g/mol. The number of allylic oxidation sites excluding steroid dienone is 1. The van der Waals surface area contributed by atoms with E-state index in [1.54, 1.807) is 6.20 Å². The highest BCUT2D eigenvalue weighted by molar-refractivity contribution is 7.57. The Morgan fingerprint density at radius 1 is 1.40 bits per heavy atom. The number of aliphatic imine (C=N–C) groups is 1. The molecule has 2 heterocycles. The molecule has 0 aromatic heterocycles. The van der Waals surface area contributed by atoms with Gasteiger partial charge in [0.05, 0.1) is 6.07 Å². The van der Waals surface area contributed by atoms with Crippen LogP contribution in [0.5, 0.6) is 0 Å². The lowest BCUT2D eigenvalue weighted by Gasteiger charge is -2.37. The van der Waals surface area contributed by atoms with E-state index in [0.717, 1.165) is 18.3 Å². The minimum atomic E-state index is 0.0274. The van der Waals surface area contributed by atoms with Crippen LogP contribution in [0, 0.1) is 17.2 Å². The molecule has 0 aliphatic carbocycles. The first kappa shape index (κ1) is 17.9. The summed E-state index contributed by atoms with van der Waals surface area (Å²) in [7, 11) is 0.0274. The minimum absolute atomic E-state index is 0.0274. The Labute approximate surface area is 152 Å². The summed E-state index contributed by atoms with van der Waals surface area (Å²) in [5.74, 6) is 1.69. The minimum Gasteiger partial charge on any atom is -0.353 e. The highest BCUT2D eigenvalue weighted by atomic mass is 31.1. The summed E-state index contributed by atoms with van der Waals surface area (Å²) in [5, 5.41) is 9.12. The van der Waals surface area contributed by atoms with Gasteiger partial charge in [0.25, 0.3) is 0 Å². The molecule has 25 heavy (non-hydrogen) atoms. The average Bonchev–Trinajstić information content (AvgIpc) is 3.05. The lowest BCUT2D eigenvalue weighted by atomic mass is 9.98. The quantitative estimate of drug-likeness (QED) is 0.339. The smallest absolute Gasteiger partial charge is 0.129 e. The van der Waals surface area contributed by atoms with Crippen molar-refractivity contribution in [2.45, 2.75) is 32.0 Å². The zero-order chi connectivity index (χ0) is 17.6. The predicted octanol–water partition coefficient (Wildman–Crippen LogP) is 4.77. The second kappa shape index (κ2) is 8.45. The number of fused-ring (bicyclic) bond motifs is 1. The summed E-state index contributed by atoms with van der Waals surface area (Å²) in [5.41, 5.74) is 2.17. The van der Waals surface area contributed by atoms with Gasteiger partial charge in [0.15, 0.2) is 0 Å². The number of nitrogens with zero attached hydrogens (tertiary/aromatic N) is 3. The van der Waals surface area contributed by atoms with E-state index in [2.05, 4.69) is 52.9 Å². The molecule has 2 saturated heterocycles. The molecular formula is C21H26N3P. The molecule has 0 bridgehead atoms. The van der Waals surface area contributed by atoms with E-state index in [0.29, 0.717) is 11.6 Å². The highest BCUT2D eigenvalue weighted by Crippen LogP contribution is 2.50. The number of nitriles is 1. The number of benzene rings is 1. The van der Waals surface area contributed by atoms with Crippen LogP contribution in [0.15, 0.2) is 59.8 Å². The Kier molecular flexibility index (Phi) is 6.05. The number of hydrogen-bond donors (Lipinski definition) is 0. The van der Waals surface area contributed by atoms with E-state index in [1.807, 2.05) is 13.0 Å². The first-order valence-electron chi connectivity index (χ1n) is 9.01. The Hall–Kier alpha value is -1.91. The van der Waals surface area contributed by atoms with Crippen LogP contribution in [0.25, 0.3) is 0 Å². The van der Waals surface area contributed by atoms with Gasteiger partial charge >= 0.3 is 0 Å². The molecule has 1 aromatic carbocycles. The Balaban J connectivity index is 1.74. The molecule has 0 N–H and O–H groups in total. The fraction of sp³-hybridized carbons (Fsp3) is 0.429. The maximum absolute atomic E-state index is 9.12. The molecule has 0 spiro atoms. The van der Waals surface area contributed by atoms with Crippen molar-refractivity contribution in [3.8, 4) is 6.07 Å². The van der Waals surface area contributed by atoms with Crippen molar-refractivity contribution < 1.29 is 0 Å². The Morgan fingerprint density at radius 3 is 2.92 bits per heavy atom. The number of hydrogen-bond acceptors (Lipinski definition) is 2. The van der Waals surface area contributed by atoms with Crippen LogP contribution in [0.3, 0.4) is 0 Å². The molecule has 0 saturated carbocycles. The maximum atomic E-state index is 9.12. The van der Waals surface area contributed by atoms with Gasteiger partial charge in [-0.15, -0.1) is 7.92 Å². The van der Waals surface area contributed by atoms with E-state index >= 15 is 0 Å². The third-order valence-electron chi connectivity index (χ3n) is 5.24. The zero-order valence-electron chi connectivity index (χ0n) is 14.9. The van der Waals surface area contributed by atoms with E-state index < -0.39 is 0 Å². The number of rotatable bonds is 4. The Bertz CT molecular complexity index is 702. The van der Waals surface area contributed by atoms with Crippen molar-refractivity contribution in [2.75, 3.05) is 18.9 Å². The number of likely N-dealkylation sites (tertiary alicyclic amines) is 1. The molecule has 2 aliphatic heterocycles. The fourth-order valence-electron chi connectivity index (χ4n) is 3.99. The van der Waals surface area contributed by atoms with E-state index in [9.17, 15) is 0 Å². The van der Waals surface area contributed by atoms with Crippen molar-refractivity contribution in [3.05, 3.63) is 60.3 Å². The lowest BCUT2D eigenvalue weighted by molar-refractivity contribution is 0.348. The molecule has 3 rings (SSSR count). The SMILES string of the molecule is C=CN=C(/C=C(\C)C#N)N1CCC2CCP(Cc3ccccc3)CC21. The van der Waals surface area contributed by atoms with Crippen LogP contribution >= 0.6 is 7.92 Å². The van der Waals surface area contributed by atoms with Gasteiger partial charge in [-0.3, -0.25) is 0 Å². The third kappa shape index (κ3) is 4.39.